The number of aryl methyl sites for hydroxylation is 2. The van der Waals surface area contributed by atoms with Gasteiger partial charge in [0.05, 0.1) is 0 Å². The van der Waals surface area contributed by atoms with Crippen LogP contribution in [0, 0.1) is 13.8 Å². The summed E-state index contributed by atoms with van der Waals surface area (Å²) in [5.74, 6) is 0.838. The molecule has 0 heterocycles. The van der Waals surface area contributed by atoms with Crippen LogP contribution in [0.4, 0.5) is 0 Å². The maximum absolute atomic E-state index is 4.29. The molecule has 5 heteroatoms. The summed E-state index contributed by atoms with van der Waals surface area (Å²) in [5.41, 5.74) is 3.99. The van der Waals surface area contributed by atoms with Gasteiger partial charge in [0.2, 0.25) is 0 Å². The highest BCUT2D eigenvalue weighted by Gasteiger charge is 2.20. The van der Waals surface area contributed by atoms with Gasteiger partial charge in [0.25, 0.3) is 0 Å². The first-order valence-electron chi connectivity index (χ1n) is 7.44. The maximum atomic E-state index is 4.29. The van der Waals surface area contributed by atoms with Gasteiger partial charge in [-0.3, -0.25) is 4.99 Å². The first-order chi connectivity index (χ1) is 9.76. The molecule has 0 aliphatic carbocycles. The van der Waals surface area contributed by atoms with Gasteiger partial charge in [-0.2, -0.15) is 0 Å². The van der Waals surface area contributed by atoms with Crippen molar-refractivity contribution in [2.24, 2.45) is 4.99 Å². The number of hydrogen-bond acceptors (Lipinski definition) is 2. The van der Waals surface area contributed by atoms with Crippen LogP contribution in [0.2, 0.25) is 0 Å². The molecule has 2 N–H and O–H groups in total. The number of guanidine groups is 1. The lowest BCUT2D eigenvalue weighted by molar-refractivity contribution is 0.197. The monoisotopic (exact) mass is 418 g/mol. The Balaban J connectivity index is 0.00000441. The van der Waals surface area contributed by atoms with E-state index >= 15 is 0 Å². The fourth-order valence-electron chi connectivity index (χ4n) is 1.90. The molecule has 1 aromatic carbocycles. The molecule has 1 rings (SSSR count). The number of nitrogens with one attached hydrogen (secondary N) is 2. The number of rotatable bonds is 5. The lowest BCUT2D eigenvalue weighted by Gasteiger charge is -2.33. The Morgan fingerprint density at radius 1 is 1.18 bits per heavy atom. The molecule has 0 spiro atoms. The molecule has 0 unspecified atom stereocenters. The van der Waals surface area contributed by atoms with Gasteiger partial charge in [0.15, 0.2) is 5.96 Å². The smallest absolute Gasteiger partial charge is 0.191 e. The van der Waals surface area contributed by atoms with Gasteiger partial charge in [-0.25, -0.2) is 0 Å². The Morgan fingerprint density at radius 2 is 1.82 bits per heavy atom. The Kier molecular flexibility index (Phi) is 9.00. The highest BCUT2D eigenvalue weighted by Crippen LogP contribution is 2.10. The number of hydrogen-bond donors (Lipinski definition) is 2. The Bertz CT molecular complexity index is 495. The molecule has 1 aromatic rings. The van der Waals surface area contributed by atoms with E-state index in [9.17, 15) is 0 Å². The minimum Gasteiger partial charge on any atom is -0.355 e. The van der Waals surface area contributed by atoms with Crippen molar-refractivity contribution in [3.05, 3.63) is 34.9 Å². The highest BCUT2D eigenvalue weighted by atomic mass is 127. The molecule has 4 nitrogen and oxygen atoms in total. The maximum Gasteiger partial charge on any atom is 0.191 e. The standard InChI is InChI=1S/C17H30N4.HI/c1-13-8-9-15(14(2)10-13)11-19-16(18-5)20-12-17(3,4)21(6)7;/h8-10H,11-12H2,1-7H3,(H2,18,19,20);1H. The van der Waals surface area contributed by atoms with Crippen LogP contribution in [-0.4, -0.2) is 44.1 Å². The quantitative estimate of drug-likeness (QED) is 0.439. The first-order valence-corrected chi connectivity index (χ1v) is 7.44. The summed E-state index contributed by atoms with van der Waals surface area (Å²) in [5, 5.41) is 6.77. The Labute approximate surface area is 152 Å². The van der Waals surface area contributed by atoms with Crippen LogP contribution in [-0.2, 0) is 6.54 Å². The van der Waals surface area contributed by atoms with Gasteiger partial charge in [-0.1, -0.05) is 23.8 Å². The molecule has 0 fully saturated rings. The molecule has 0 radical (unpaired) electrons. The van der Waals surface area contributed by atoms with E-state index in [-0.39, 0.29) is 29.5 Å². The van der Waals surface area contributed by atoms with Gasteiger partial charge in [-0.05, 0) is 52.9 Å². The topological polar surface area (TPSA) is 39.7 Å². The molecular weight excluding hydrogens is 387 g/mol. The normalized spacial score (nSPS) is 12.1. The first kappa shape index (κ1) is 21.2. The van der Waals surface area contributed by atoms with E-state index in [4.69, 9.17) is 0 Å². The average Bonchev–Trinajstić information content (AvgIpc) is 2.40. The summed E-state index contributed by atoms with van der Waals surface area (Å²) in [6.45, 7) is 10.3. The zero-order valence-electron chi connectivity index (χ0n) is 14.9. The third kappa shape index (κ3) is 6.52. The van der Waals surface area contributed by atoms with Crippen LogP contribution in [0.15, 0.2) is 23.2 Å². The number of benzene rings is 1. The second-order valence-corrected chi connectivity index (χ2v) is 6.42. The van der Waals surface area contributed by atoms with Gasteiger partial charge in [0.1, 0.15) is 0 Å². The SMILES string of the molecule is CN=C(NCc1ccc(C)cc1C)NCC(C)(C)N(C)C.I. The van der Waals surface area contributed by atoms with E-state index in [0.29, 0.717) is 0 Å². The predicted octanol–water partition coefficient (Wildman–Crippen LogP) is 2.93. The third-order valence-corrected chi connectivity index (χ3v) is 4.07. The predicted molar refractivity (Wildman–Crippen MR) is 107 cm³/mol. The molecule has 0 aromatic heterocycles. The second-order valence-electron chi connectivity index (χ2n) is 6.42. The number of halogens is 1. The van der Waals surface area contributed by atoms with Crippen molar-refractivity contribution in [1.29, 1.82) is 0 Å². The van der Waals surface area contributed by atoms with E-state index in [2.05, 4.69) is 80.5 Å². The molecule has 0 bridgehead atoms. The summed E-state index contributed by atoms with van der Waals surface area (Å²) in [7, 11) is 5.99. The van der Waals surface area contributed by atoms with E-state index in [1.165, 1.54) is 16.7 Å². The lowest BCUT2D eigenvalue weighted by Crippen LogP contribution is -2.50. The van der Waals surface area contributed by atoms with Crippen molar-refractivity contribution < 1.29 is 0 Å². The van der Waals surface area contributed by atoms with Crippen molar-refractivity contribution in [3.8, 4) is 0 Å². The van der Waals surface area contributed by atoms with E-state index in [0.717, 1.165) is 19.0 Å². The summed E-state index contributed by atoms with van der Waals surface area (Å²) >= 11 is 0. The van der Waals surface area contributed by atoms with Crippen molar-refractivity contribution in [3.63, 3.8) is 0 Å². The van der Waals surface area contributed by atoms with Crippen LogP contribution in [0.1, 0.15) is 30.5 Å². The van der Waals surface area contributed by atoms with Crippen molar-refractivity contribution in [2.75, 3.05) is 27.7 Å². The van der Waals surface area contributed by atoms with Crippen molar-refractivity contribution in [1.82, 2.24) is 15.5 Å². The number of aliphatic imine (C=N–C) groups is 1. The molecule has 126 valence electrons. The summed E-state index contributed by atoms with van der Waals surface area (Å²) in [6, 6.07) is 6.53. The number of nitrogens with zero attached hydrogens (tertiary/aromatic N) is 2. The molecule has 22 heavy (non-hydrogen) atoms. The summed E-state index contributed by atoms with van der Waals surface area (Å²) in [6.07, 6.45) is 0. The van der Waals surface area contributed by atoms with E-state index in [1.54, 1.807) is 7.05 Å². The lowest BCUT2D eigenvalue weighted by atomic mass is 10.0. The molecule has 0 saturated carbocycles. The van der Waals surface area contributed by atoms with Crippen LogP contribution in [0.3, 0.4) is 0 Å². The van der Waals surface area contributed by atoms with Crippen LogP contribution in [0.25, 0.3) is 0 Å². The number of likely N-dealkylation sites (N-methyl/N-ethyl adjacent to an activating group) is 1. The minimum atomic E-state index is 0. The molecule has 0 saturated heterocycles. The molecular formula is C17H31IN4. The molecule has 0 aliphatic rings. The molecule has 0 amide bonds. The zero-order chi connectivity index (χ0) is 16.0. The minimum absolute atomic E-state index is 0. The fourth-order valence-corrected chi connectivity index (χ4v) is 1.90. The van der Waals surface area contributed by atoms with Gasteiger partial charge >= 0.3 is 0 Å². The fraction of sp³-hybridized carbons (Fsp3) is 0.588. The average molecular weight is 418 g/mol. The van der Waals surface area contributed by atoms with Crippen LogP contribution in [0.5, 0.6) is 0 Å². The van der Waals surface area contributed by atoms with Crippen molar-refractivity contribution >= 4 is 29.9 Å². The van der Waals surface area contributed by atoms with Crippen LogP contribution >= 0.6 is 24.0 Å². The zero-order valence-corrected chi connectivity index (χ0v) is 17.3. The molecule has 0 aliphatic heterocycles. The Hall–Kier alpha value is -0.820. The van der Waals surface area contributed by atoms with Gasteiger partial charge in [-0.15, -0.1) is 24.0 Å². The largest absolute Gasteiger partial charge is 0.355 e. The van der Waals surface area contributed by atoms with Crippen LogP contribution < -0.4 is 10.6 Å². The summed E-state index contributed by atoms with van der Waals surface area (Å²) in [4.78, 5) is 6.49. The van der Waals surface area contributed by atoms with Crippen molar-refractivity contribution in [2.45, 2.75) is 39.8 Å². The Morgan fingerprint density at radius 3 is 2.32 bits per heavy atom. The summed E-state index contributed by atoms with van der Waals surface area (Å²) < 4.78 is 0. The van der Waals surface area contributed by atoms with Gasteiger partial charge < -0.3 is 15.5 Å². The van der Waals surface area contributed by atoms with Gasteiger partial charge in [0, 0.05) is 25.7 Å². The second kappa shape index (κ2) is 9.35. The highest BCUT2D eigenvalue weighted by molar-refractivity contribution is 14.0. The third-order valence-electron chi connectivity index (χ3n) is 4.07. The van der Waals surface area contributed by atoms with E-state index in [1.807, 2.05) is 0 Å². The van der Waals surface area contributed by atoms with E-state index < -0.39 is 0 Å². The molecule has 0 atom stereocenters.